The number of ether oxygens (including phenoxy) is 5. The summed E-state index contributed by atoms with van der Waals surface area (Å²) < 4.78 is 30.4. The van der Waals surface area contributed by atoms with Gasteiger partial charge in [0.05, 0.1) is 43.5 Å². The van der Waals surface area contributed by atoms with E-state index in [-0.39, 0.29) is 19.3 Å². The summed E-state index contributed by atoms with van der Waals surface area (Å²) in [7, 11) is 0. The van der Waals surface area contributed by atoms with Gasteiger partial charge in [0.15, 0.2) is 0 Å². The van der Waals surface area contributed by atoms with Crippen molar-refractivity contribution in [1.82, 2.24) is 0 Å². The third kappa shape index (κ3) is 4.48. The minimum absolute atomic E-state index is 0.0601. The fourth-order valence-electron chi connectivity index (χ4n) is 6.90. The van der Waals surface area contributed by atoms with Crippen LogP contribution in [-0.2, 0) is 33.3 Å². The van der Waals surface area contributed by atoms with Crippen LogP contribution < -0.4 is 0 Å². The second kappa shape index (κ2) is 10.4. The summed E-state index contributed by atoms with van der Waals surface area (Å²) in [5, 5.41) is 19.9. The molecule has 0 aromatic carbocycles. The van der Waals surface area contributed by atoms with Crippen molar-refractivity contribution in [2.24, 2.45) is 10.8 Å². The van der Waals surface area contributed by atoms with Crippen LogP contribution in [0.4, 0.5) is 0 Å². The standard InChI is InChI=1S/C29H38O9/c1-18-9-11-34-21(19(2)31)6-4-5-7-25(32)38-22-14-24-29(17-36-29)27(22,3)28(16-35-26(33)12-18)10-8-20(15-30)13-23(28)37-24/h4-7,12-13,19,21-24,30-31H,8-11,14-17H2,1-3H3/b6-4+,7-5-,18-12+/t19-,21-,22-,23-,24-,27-,28-,29+/m1/s1. The Hall–Kier alpha value is -2.30. The Kier molecular flexibility index (Phi) is 7.43. The lowest BCUT2D eigenvalue weighted by molar-refractivity contribution is -0.232. The molecule has 9 heteroatoms. The van der Waals surface area contributed by atoms with Crippen molar-refractivity contribution in [3.8, 4) is 0 Å². The zero-order valence-corrected chi connectivity index (χ0v) is 22.3. The quantitative estimate of drug-likeness (QED) is 0.314. The van der Waals surface area contributed by atoms with Crippen molar-refractivity contribution in [3.05, 3.63) is 47.6 Å². The van der Waals surface area contributed by atoms with Crippen molar-refractivity contribution in [2.45, 2.75) is 82.6 Å². The highest BCUT2D eigenvalue weighted by atomic mass is 16.6. The van der Waals surface area contributed by atoms with Crippen LogP contribution in [0.5, 0.6) is 0 Å². The fourth-order valence-corrected chi connectivity index (χ4v) is 6.90. The normalized spacial score (nSPS) is 45.3. The van der Waals surface area contributed by atoms with Gasteiger partial charge in [-0.15, -0.1) is 0 Å². The van der Waals surface area contributed by atoms with E-state index in [2.05, 4.69) is 6.92 Å². The number of esters is 2. The Morgan fingerprint density at radius 3 is 2.63 bits per heavy atom. The van der Waals surface area contributed by atoms with Gasteiger partial charge < -0.3 is 33.9 Å². The van der Waals surface area contributed by atoms with Gasteiger partial charge >= 0.3 is 11.9 Å². The molecule has 2 aliphatic carbocycles. The molecule has 3 aliphatic heterocycles. The van der Waals surface area contributed by atoms with Gasteiger partial charge in [0.1, 0.15) is 24.4 Å². The summed E-state index contributed by atoms with van der Waals surface area (Å²) in [6, 6.07) is 0. The Labute approximate surface area is 223 Å². The maximum atomic E-state index is 12.9. The van der Waals surface area contributed by atoms with E-state index < -0.39 is 52.8 Å². The van der Waals surface area contributed by atoms with E-state index >= 15 is 0 Å². The summed E-state index contributed by atoms with van der Waals surface area (Å²) in [5.74, 6) is -0.962. The zero-order chi connectivity index (χ0) is 27.1. The SMILES string of the molecule is C/C1=C\C(=O)OC[C@]23CCC(CO)=C[C@H]2O[C@@H]2C[C@@H](OC(=O)/C=C\C=C\[C@H]([C@@H](C)O)OCC1)[C@@]3(C)[C@]21CO1. The second-order valence-corrected chi connectivity index (χ2v) is 11.4. The maximum absolute atomic E-state index is 12.9. The lowest BCUT2D eigenvalue weighted by Gasteiger charge is -2.58. The first-order valence-corrected chi connectivity index (χ1v) is 13.4. The number of allylic oxidation sites excluding steroid dienone is 2. The molecule has 2 bridgehead atoms. The molecule has 3 heterocycles. The number of epoxide rings is 1. The molecule has 3 fully saturated rings. The first-order valence-electron chi connectivity index (χ1n) is 13.4. The smallest absolute Gasteiger partial charge is 0.331 e. The summed E-state index contributed by atoms with van der Waals surface area (Å²) >= 11 is 0. The van der Waals surface area contributed by atoms with E-state index in [0.29, 0.717) is 38.9 Å². The molecule has 2 saturated heterocycles. The number of hydrogen-bond donors (Lipinski definition) is 2. The van der Waals surface area contributed by atoms with Crippen LogP contribution in [0, 0.1) is 10.8 Å². The van der Waals surface area contributed by atoms with Crippen LogP contribution in [0.25, 0.3) is 0 Å². The van der Waals surface area contributed by atoms with Gasteiger partial charge in [0.2, 0.25) is 0 Å². The predicted molar refractivity (Wildman–Crippen MR) is 136 cm³/mol. The molecule has 0 aromatic rings. The van der Waals surface area contributed by atoms with Crippen LogP contribution in [0.2, 0.25) is 0 Å². The molecule has 38 heavy (non-hydrogen) atoms. The van der Waals surface area contributed by atoms with Crippen molar-refractivity contribution >= 4 is 11.9 Å². The van der Waals surface area contributed by atoms with Crippen LogP contribution in [0.3, 0.4) is 0 Å². The molecule has 2 N–H and O–H groups in total. The largest absolute Gasteiger partial charge is 0.462 e. The number of aliphatic hydroxyl groups excluding tert-OH is 2. The fraction of sp³-hybridized carbons (Fsp3) is 0.655. The molecular weight excluding hydrogens is 492 g/mol. The molecule has 5 aliphatic rings. The molecule has 0 unspecified atom stereocenters. The highest BCUT2D eigenvalue weighted by Gasteiger charge is 2.83. The van der Waals surface area contributed by atoms with Gasteiger partial charge in [-0.1, -0.05) is 36.8 Å². The second-order valence-electron chi connectivity index (χ2n) is 11.4. The maximum Gasteiger partial charge on any atom is 0.331 e. The van der Waals surface area contributed by atoms with E-state index in [0.717, 1.165) is 11.1 Å². The summed E-state index contributed by atoms with van der Waals surface area (Å²) in [5.41, 5.74) is -0.328. The summed E-state index contributed by atoms with van der Waals surface area (Å²) in [4.78, 5) is 25.9. The van der Waals surface area contributed by atoms with E-state index in [1.54, 1.807) is 25.2 Å². The van der Waals surface area contributed by atoms with Gasteiger partial charge in [0.25, 0.3) is 0 Å². The van der Waals surface area contributed by atoms with E-state index in [1.807, 2.05) is 13.0 Å². The molecule has 0 aromatic heterocycles. The van der Waals surface area contributed by atoms with Crippen LogP contribution in [0.1, 0.15) is 46.5 Å². The molecular formula is C29H38O9. The van der Waals surface area contributed by atoms with E-state index in [1.165, 1.54) is 12.2 Å². The van der Waals surface area contributed by atoms with Crippen LogP contribution >= 0.6 is 0 Å². The molecule has 2 spiro atoms. The molecule has 8 atom stereocenters. The summed E-state index contributed by atoms with van der Waals surface area (Å²) in [6.45, 7) is 6.34. The van der Waals surface area contributed by atoms with E-state index in [4.69, 9.17) is 23.7 Å². The molecule has 0 amide bonds. The van der Waals surface area contributed by atoms with Gasteiger partial charge in [-0.25, -0.2) is 9.59 Å². The lowest BCUT2D eigenvalue weighted by atomic mass is 9.51. The molecule has 5 rings (SSSR count). The van der Waals surface area contributed by atoms with Gasteiger partial charge in [-0.3, -0.25) is 0 Å². The van der Waals surface area contributed by atoms with E-state index in [9.17, 15) is 19.8 Å². The molecule has 9 nitrogen and oxygen atoms in total. The molecule has 0 radical (unpaired) electrons. The number of hydrogen-bond acceptors (Lipinski definition) is 9. The van der Waals surface area contributed by atoms with Gasteiger partial charge in [-0.05, 0) is 38.7 Å². The topological polar surface area (TPSA) is 124 Å². The van der Waals surface area contributed by atoms with Gasteiger partial charge in [-0.2, -0.15) is 0 Å². The third-order valence-electron chi connectivity index (χ3n) is 9.32. The van der Waals surface area contributed by atoms with Crippen molar-refractivity contribution < 1.29 is 43.5 Å². The minimum atomic E-state index is -0.751. The number of carbonyl (C=O) groups excluding carboxylic acids is 2. The Morgan fingerprint density at radius 1 is 1.13 bits per heavy atom. The first-order chi connectivity index (χ1) is 18.1. The predicted octanol–water partition coefficient (Wildman–Crippen LogP) is 2.32. The number of carbonyl (C=O) groups is 2. The zero-order valence-electron chi connectivity index (χ0n) is 22.3. The van der Waals surface area contributed by atoms with Crippen LogP contribution in [0.15, 0.2) is 47.6 Å². The van der Waals surface area contributed by atoms with Crippen molar-refractivity contribution in [3.63, 3.8) is 0 Å². The first kappa shape index (κ1) is 27.3. The third-order valence-corrected chi connectivity index (χ3v) is 9.32. The highest BCUT2D eigenvalue weighted by Crippen LogP contribution is 2.72. The molecule has 208 valence electrons. The average Bonchev–Trinajstić information content (AvgIpc) is 3.66. The van der Waals surface area contributed by atoms with Crippen LogP contribution in [-0.4, -0.2) is 84.7 Å². The number of aliphatic hydroxyl groups is 2. The Balaban J connectivity index is 1.52. The van der Waals surface area contributed by atoms with Crippen molar-refractivity contribution in [1.29, 1.82) is 0 Å². The molecule has 1 saturated carbocycles. The number of rotatable bonds is 2. The van der Waals surface area contributed by atoms with Gasteiger partial charge in [0, 0.05) is 24.0 Å². The monoisotopic (exact) mass is 530 g/mol. The highest BCUT2D eigenvalue weighted by molar-refractivity contribution is 5.83. The Morgan fingerprint density at radius 2 is 1.92 bits per heavy atom. The number of cyclic esters (lactones) is 1. The van der Waals surface area contributed by atoms with Crippen molar-refractivity contribution in [2.75, 3.05) is 26.4 Å². The average molecular weight is 531 g/mol. The Bertz CT molecular complexity index is 1070. The lowest BCUT2D eigenvalue weighted by Crippen LogP contribution is -2.66. The minimum Gasteiger partial charge on any atom is -0.462 e. The summed E-state index contributed by atoms with van der Waals surface area (Å²) in [6.07, 6.45) is 9.34.